The van der Waals surface area contributed by atoms with Crippen molar-refractivity contribution in [2.75, 3.05) is 4.90 Å². The Hall–Kier alpha value is -3.43. The van der Waals surface area contributed by atoms with Crippen molar-refractivity contribution >= 4 is 49.7 Å². The summed E-state index contributed by atoms with van der Waals surface area (Å²) < 4.78 is 0.901. The summed E-state index contributed by atoms with van der Waals surface area (Å²) in [5.41, 5.74) is 1.78. The predicted molar refractivity (Wildman–Crippen MR) is 120 cm³/mol. The van der Waals surface area contributed by atoms with Crippen molar-refractivity contribution in [3.05, 3.63) is 81.3 Å². The third kappa shape index (κ3) is 3.13. The summed E-state index contributed by atoms with van der Waals surface area (Å²) in [6.45, 7) is 3.55. The van der Waals surface area contributed by atoms with E-state index >= 15 is 0 Å². The number of hydrogen-bond acceptors (Lipinski definition) is 8. The molecule has 154 valence electrons. The molecule has 31 heavy (non-hydrogen) atoms. The van der Waals surface area contributed by atoms with Gasteiger partial charge in [0.1, 0.15) is 6.04 Å². The molecule has 0 radical (unpaired) electrons. The number of aliphatic hydroxyl groups excluding tert-OH is 1. The molecule has 1 unspecified atom stereocenters. The van der Waals surface area contributed by atoms with E-state index in [2.05, 4.69) is 15.0 Å². The number of pyridine rings is 1. The largest absolute Gasteiger partial charge is 0.503 e. The summed E-state index contributed by atoms with van der Waals surface area (Å²) in [4.78, 5) is 41.7. The summed E-state index contributed by atoms with van der Waals surface area (Å²) in [5, 5.41) is 12.0. The molecule has 0 bridgehead atoms. The van der Waals surface area contributed by atoms with Crippen LogP contribution >= 0.6 is 22.7 Å². The number of hydrogen-bond donors (Lipinski definition) is 1. The van der Waals surface area contributed by atoms with Crippen LogP contribution in [-0.2, 0) is 4.79 Å². The molecule has 7 nitrogen and oxygen atoms in total. The molecular weight excluding hydrogens is 432 g/mol. The Morgan fingerprint density at radius 1 is 1.06 bits per heavy atom. The van der Waals surface area contributed by atoms with Gasteiger partial charge in [0, 0.05) is 6.20 Å². The van der Waals surface area contributed by atoms with Crippen LogP contribution in [0.2, 0.25) is 0 Å². The Balaban J connectivity index is 1.69. The van der Waals surface area contributed by atoms with Gasteiger partial charge in [0.2, 0.25) is 5.78 Å². The Bertz CT molecular complexity index is 1340. The molecule has 1 aliphatic rings. The minimum Gasteiger partial charge on any atom is -0.503 e. The molecule has 3 aromatic heterocycles. The highest BCUT2D eigenvalue weighted by Gasteiger charge is 2.47. The summed E-state index contributed by atoms with van der Waals surface area (Å²) in [6.07, 6.45) is 1.59. The summed E-state index contributed by atoms with van der Waals surface area (Å²) in [5.74, 6) is -1.67. The first-order valence-electron chi connectivity index (χ1n) is 9.47. The van der Waals surface area contributed by atoms with E-state index in [1.807, 2.05) is 31.2 Å². The number of Topliss-reactive ketones (excluding diaryl/α,β-unsaturated/α-hetero) is 1. The molecule has 1 atom stereocenters. The van der Waals surface area contributed by atoms with Crippen molar-refractivity contribution in [2.45, 2.75) is 19.9 Å². The second-order valence-electron chi connectivity index (χ2n) is 7.04. The minimum atomic E-state index is -0.886. The van der Waals surface area contributed by atoms with E-state index < -0.39 is 23.5 Å². The Labute approximate surface area is 185 Å². The lowest BCUT2D eigenvalue weighted by Gasteiger charge is -2.23. The number of amides is 1. The van der Waals surface area contributed by atoms with E-state index in [1.54, 1.807) is 31.3 Å². The van der Waals surface area contributed by atoms with Gasteiger partial charge in [0.25, 0.3) is 5.91 Å². The lowest BCUT2D eigenvalue weighted by molar-refractivity contribution is -0.117. The maximum atomic E-state index is 13.5. The number of thiazole rings is 2. The van der Waals surface area contributed by atoms with Crippen LogP contribution in [0.25, 0.3) is 10.2 Å². The summed E-state index contributed by atoms with van der Waals surface area (Å²) in [7, 11) is 0. The molecule has 5 rings (SSSR count). The van der Waals surface area contributed by atoms with Crippen molar-refractivity contribution < 1.29 is 14.7 Å². The average Bonchev–Trinajstić information content (AvgIpc) is 3.42. The van der Waals surface area contributed by atoms with Gasteiger partial charge < -0.3 is 5.11 Å². The number of anilines is 1. The van der Waals surface area contributed by atoms with Gasteiger partial charge in [-0.25, -0.2) is 9.97 Å². The highest BCUT2D eigenvalue weighted by Crippen LogP contribution is 2.44. The van der Waals surface area contributed by atoms with E-state index in [1.165, 1.54) is 27.6 Å². The first kappa shape index (κ1) is 19.5. The number of para-hydroxylation sites is 1. The fraction of sp³-hybridized carbons (Fsp3) is 0.136. The third-order valence-corrected chi connectivity index (χ3v) is 7.13. The van der Waals surface area contributed by atoms with Crippen molar-refractivity contribution in [1.29, 1.82) is 0 Å². The number of aliphatic hydroxyl groups is 1. The van der Waals surface area contributed by atoms with Gasteiger partial charge in [0.05, 0.1) is 37.1 Å². The zero-order valence-corrected chi connectivity index (χ0v) is 18.2. The van der Waals surface area contributed by atoms with E-state index in [0.717, 1.165) is 15.2 Å². The van der Waals surface area contributed by atoms with Crippen molar-refractivity contribution in [2.24, 2.45) is 0 Å². The van der Waals surface area contributed by atoms with Gasteiger partial charge in [-0.1, -0.05) is 29.5 Å². The maximum Gasteiger partial charge on any atom is 0.296 e. The van der Waals surface area contributed by atoms with Gasteiger partial charge >= 0.3 is 0 Å². The smallest absolute Gasteiger partial charge is 0.296 e. The Morgan fingerprint density at radius 3 is 2.52 bits per heavy atom. The SMILES string of the molecule is Cc1nc(C)c(C(=O)C2=C(O)C(=O)N(c3nc4ccccc4s3)C2c2ccccn2)s1. The third-order valence-electron chi connectivity index (χ3n) is 5.02. The Kier molecular flexibility index (Phi) is 4.64. The molecule has 0 saturated heterocycles. The van der Waals surface area contributed by atoms with Crippen molar-refractivity contribution in [1.82, 2.24) is 15.0 Å². The number of rotatable bonds is 4. The van der Waals surface area contributed by atoms with Crippen LogP contribution in [0.4, 0.5) is 5.13 Å². The normalized spacial score (nSPS) is 16.5. The lowest BCUT2D eigenvalue weighted by atomic mass is 9.98. The van der Waals surface area contributed by atoms with Crippen LogP contribution < -0.4 is 4.90 Å². The lowest BCUT2D eigenvalue weighted by Crippen LogP contribution is -2.31. The second-order valence-corrected chi connectivity index (χ2v) is 9.25. The van der Waals surface area contributed by atoms with Gasteiger partial charge in [-0.15, -0.1) is 11.3 Å². The van der Waals surface area contributed by atoms with E-state index in [-0.39, 0.29) is 5.57 Å². The number of aromatic nitrogens is 3. The van der Waals surface area contributed by atoms with Crippen molar-refractivity contribution in [3.8, 4) is 0 Å². The predicted octanol–water partition coefficient (Wildman–Crippen LogP) is 4.55. The highest BCUT2D eigenvalue weighted by atomic mass is 32.1. The van der Waals surface area contributed by atoms with Gasteiger partial charge in [-0.05, 0) is 38.1 Å². The fourth-order valence-corrected chi connectivity index (χ4v) is 5.55. The van der Waals surface area contributed by atoms with Crippen molar-refractivity contribution in [3.63, 3.8) is 0 Å². The maximum absolute atomic E-state index is 13.5. The molecule has 1 aliphatic heterocycles. The fourth-order valence-electron chi connectivity index (χ4n) is 3.68. The van der Waals surface area contributed by atoms with Gasteiger partial charge in [-0.3, -0.25) is 19.5 Å². The summed E-state index contributed by atoms with van der Waals surface area (Å²) >= 11 is 2.56. The molecule has 0 aliphatic carbocycles. The molecule has 1 amide bonds. The zero-order valence-electron chi connectivity index (χ0n) is 16.6. The molecule has 0 saturated carbocycles. The van der Waals surface area contributed by atoms with Gasteiger partial charge in [0.15, 0.2) is 10.9 Å². The molecule has 9 heteroatoms. The molecule has 1 aromatic carbocycles. The zero-order chi connectivity index (χ0) is 21.7. The quantitative estimate of drug-likeness (QED) is 0.460. The summed E-state index contributed by atoms with van der Waals surface area (Å²) in [6, 6.07) is 11.9. The number of benzene rings is 1. The van der Waals surface area contributed by atoms with Crippen LogP contribution in [0.15, 0.2) is 60.0 Å². The number of ketones is 1. The molecule has 4 aromatic rings. The number of carbonyl (C=O) groups excluding carboxylic acids is 2. The number of carbonyl (C=O) groups is 2. The minimum absolute atomic E-state index is 0.00490. The van der Waals surface area contributed by atoms with Crippen LogP contribution in [-0.4, -0.2) is 31.7 Å². The first-order valence-corrected chi connectivity index (χ1v) is 11.1. The number of nitrogens with zero attached hydrogens (tertiary/aromatic N) is 4. The van der Waals surface area contributed by atoms with E-state index in [0.29, 0.717) is 21.4 Å². The Morgan fingerprint density at radius 2 is 1.84 bits per heavy atom. The average molecular weight is 449 g/mol. The number of aryl methyl sites for hydroxylation is 2. The number of fused-ring (bicyclic) bond motifs is 1. The van der Waals surface area contributed by atoms with E-state index in [9.17, 15) is 14.7 Å². The second kappa shape index (κ2) is 7.36. The topological polar surface area (TPSA) is 96.3 Å². The molecule has 1 N–H and O–H groups in total. The van der Waals surface area contributed by atoms with Crippen LogP contribution in [0.5, 0.6) is 0 Å². The van der Waals surface area contributed by atoms with Crippen LogP contribution in [0.3, 0.4) is 0 Å². The monoisotopic (exact) mass is 448 g/mol. The molecule has 4 heterocycles. The molecule has 0 fully saturated rings. The first-order chi connectivity index (χ1) is 15.0. The standard InChI is InChI=1S/C22H16N4O3S2/c1-11-20(30-12(2)24-11)18(27)16-17(14-8-5-6-10-23-14)26(21(29)19(16)28)22-25-13-7-3-4-9-15(13)31-22/h3-10,17,28H,1-2H3. The van der Waals surface area contributed by atoms with Gasteiger partial charge in [-0.2, -0.15) is 0 Å². The van der Waals surface area contributed by atoms with Crippen LogP contribution in [0, 0.1) is 13.8 Å². The highest BCUT2D eigenvalue weighted by molar-refractivity contribution is 7.22. The molecular formula is C22H16N4O3S2. The van der Waals surface area contributed by atoms with E-state index in [4.69, 9.17) is 0 Å². The van der Waals surface area contributed by atoms with Crippen LogP contribution in [0.1, 0.15) is 32.1 Å². The molecule has 0 spiro atoms.